The minimum absolute atomic E-state index is 0.285. The second-order valence-corrected chi connectivity index (χ2v) is 5.06. The van der Waals surface area contributed by atoms with Crippen LogP contribution in [0.2, 0.25) is 5.15 Å². The van der Waals surface area contributed by atoms with E-state index in [-0.39, 0.29) is 5.82 Å². The van der Waals surface area contributed by atoms with Crippen molar-refractivity contribution in [1.82, 2.24) is 9.97 Å². The maximum absolute atomic E-state index is 13.3. The molecule has 0 bridgehead atoms. The number of aromatic nitrogens is 2. The fourth-order valence-electron chi connectivity index (χ4n) is 1.98. The number of benzene rings is 1. The average Bonchev–Trinajstić information content (AvgIpc) is 3.15. The van der Waals surface area contributed by atoms with Gasteiger partial charge in [0.15, 0.2) is 5.82 Å². The molecule has 18 heavy (non-hydrogen) atoms. The molecule has 1 heterocycles. The van der Waals surface area contributed by atoms with E-state index < -0.39 is 0 Å². The van der Waals surface area contributed by atoms with Gasteiger partial charge in [-0.15, -0.1) is 0 Å². The highest BCUT2D eigenvalue weighted by atomic mass is 35.5. The van der Waals surface area contributed by atoms with Crippen LogP contribution in [0.4, 0.5) is 4.39 Å². The third kappa shape index (κ3) is 2.23. The van der Waals surface area contributed by atoms with E-state index in [1.165, 1.54) is 12.1 Å². The van der Waals surface area contributed by atoms with Gasteiger partial charge in [0.25, 0.3) is 0 Å². The molecule has 1 aromatic heterocycles. The van der Waals surface area contributed by atoms with Crippen molar-refractivity contribution in [3.63, 3.8) is 0 Å². The van der Waals surface area contributed by atoms with Gasteiger partial charge < -0.3 is 0 Å². The van der Waals surface area contributed by atoms with E-state index in [9.17, 15) is 4.39 Å². The molecule has 0 unspecified atom stereocenters. The van der Waals surface area contributed by atoms with Gasteiger partial charge in [0.1, 0.15) is 11.0 Å². The highest BCUT2D eigenvalue weighted by molar-refractivity contribution is 6.29. The van der Waals surface area contributed by atoms with E-state index in [1.54, 1.807) is 12.1 Å². The first-order valence-electron chi connectivity index (χ1n) is 5.94. The monoisotopic (exact) mass is 262 g/mol. The maximum atomic E-state index is 13.3. The predicted molar refractivity (Wildman–Crippen MR) is 69.1 cm³/mol. The largest absolute Gasteiger partial charge is 0.233 e. The van der Waals surface area contributed by atoms with Crippen molar-refractivity contribution >= 4 is 11.6 Å². The van der Waals surface area contributed by atoms with Crippen LogP contribution in [0.1, 0.15) is 30.0 Å². The number of hydrogen-bond donors (Lipinski definition) is 0. The average molecular weight is 263 g/mol. The second kappa shape index (κ2) is 4.32. The summed E-state index contributed by atoms with van der Waals surface area (Å²) >= 11 is 6.02. The van der Waals surface area contributed by atoms with Gasteiger partial charge in [0.05, 0.1) is 0 Å². The summed E-state index contributed by atoms with van der Waals surface area (Å²) < 4.78 is 13.3. The Balaban J connectivity index is 2.12. The molecule has 0 saturated heterocycles. The summed E-state index contributed by atoms with van der Waals surface area (Å²) in [4.78, 5) is 8.71. The molecular formula is C14H12ClFN2. The molecule has 1 aromatic carbocycles. The molecule has 2 nitrogen and oxygen atoms in total. The predicted octanol–water partition coefficient (Wildman–Crippen LogP) is 4.12. The fourth-order valence-corrected chi connectivity index (χ4v) is 2.17. The Bertz CT molecular complexity index is 609. The van der Waals surface area contributed by atoms with Crippen LogP contribution in [0.3, 0.4) is 0 Å². The summed E-state index contributed by atoms with van der Waals surface area (Å²) in [5.74, 6) is 0.728. The second-order valence-electron chi connectivity index (χ2n) is 4.67. The molecule has 3 rings (SSSR count). The van der Waals surface area contributed by atoms with Gasteiger partial charge in [-0.05, 0) is 43.5 Å². The van der Waals surface area contributed by atoms with E-state index in [4.69, 9.17) is 11.6 Å². The summed E-state index contributed by atoms with van der Waals surface area (Å²) in [5.41, 5.74) is 2.62. The molecule has 0 radical (unpaired) electrons. The Morgan fingerprint density at radius 2 is 2.00 bits per heavy atom. The summed E-state index contributed by atoms with van der Waals surface area (Å²) in [6.07, 6.45) is 2.30. The smallest absolute Gasteiger partial charge is 0.161 e. The van der Waals surface area contributed by atoms with Crippen molar-refractivity contribution in [2.75, 3.05) is 0 Å². The minimum Gasteiger partial charge on any atom is -0.233 e. The van der Waals surface area contributed by atoms with Gasteiger partial charge in [-0.2, -0.15) is 0 Å². The van der Waals surface area contributed by atoms with Gasteiger partial charge in [-0.1, -0.05) is 17.7 Å². The van der Waals surface area contributed by atoms with Gasteiger partial charge >= 0.3 is 0 Å². The highest BCUT2D eigenvalue weighted by Gasteiger charge is 2.26. The molecule has 0 atom stereocenters. The molecule has 2 aromatic rings. The lowest BCUT2D eigenvalue weighted by Gasteiger charge is -2.07. The quantitative estimate of drug-likeness (QED) is 0.761. The molecule has 1 fully saturated rings. The van der Waals surface area contributed by atoms with Crippen LogP contribution in [-0.4, -0.2) is 9.97 Å². The molecular weight excluding hydrogens is 251 g/mol. The first kappa shape index (κ1) is 11.6. The molecule has 0 aliphatic heterocycles. The zero-order valence-electron chi connectivity index (χ0n) is 9.95. The van der Waals surface area contributed by atoms with Gasteiger partial charge in [-0.3, -0.25) is 0 Å². The van der Waals surface area contributed by atoms with Crippen LogP contribution in [0.25, 0.3) is 11.4 Å². The van der Waals surface area contributed by atoms with Crippen molar-refractivity contribution in [3.8, 4) is 11.4 Å². The molecule has 1 saturated carbocycles. The molecule has 4 heteroatoms. The lowest BCUT2D eigenvalue weighted by Crippen LogP contribution is -1.97. The molecule has 0 amide bonds. The molecule has 92 valence electrons. The summed E-state index contributed by atoms with van der Waals surface area (Å²) in [7, 11) is 0. The van der Waals surface area contributed by atoms with Crippen molar-refractivity contribution in [2.45, 2.75) is 25.7 Å². The molecule has 0 spiro atoms. The topological polar surface area (TPSA) is 25.8 Å². The van der Waals surface area contributed by atoms with Crippen LogP contribution in [0.5, 0.6) is 0 Å². The highest BCUT2D eigenvalue weighted by Crippen LogP contribution is 2.40. The Labute approximate surface area is 110 Å². The summed E-state index contributed by atoms with van der Waals surface area (Å²) in [6, 6.07) is 6.42. The van der Waals surface area contributed by atoms with Crippen molar-refractivity contribution in [2.24, 2.45) is 0 Å². The van der Waals surface area contributed by atoms with Gasteiger partial charge in [0.2, 0.25) is 0 Å². The number of aryl methyl sites for hydroxylation is 1. The standard InChI is InChI=1S/C14H12ClFN2/c1-8-2-5-10(16)6-11(8)14-17-12(9-3-4-9)7-13(15)18-14/h2,5-7,9H,3-4H2,1H3. The Kier molecular flexibility index (Phi) is 2.78. The maximum Gasteiger partial charge on any atom is 0.161 e. The Morgan fingerprint density at radius 3 is 2.72 bits per heavy atom. The molecule has 1 aliphatic carbocycles. The first-order valence-corrected chi connectivity index (χ1v) is 6.32. The molecule has 0 N–H and O–H groups in total. The van der Waals surface area contributed by atoms with Crippen LogP contribution in [0.15, 0.2) is 24.3 Å². The van der Waals surface area contributed by atoms with Crippen molar-refractivity contribution < 1.29 is 4.39 Å². The third-order valence-electron chi connectivity index (χ3n) is 3.15. The Hall–Kier alpha value is -1.48. The summed E-state index contributed by atoms with van der Waals surface area (Å²) in [6.45, 7) is 1.91. The zero-order chi connectivity index (χ0) is 12.7. The van der Waals surface area contributed by atoms with Crippen LogP contribution in [-0.2, 0) is 0 Å². The minimum atomic E-state index is -0.285. The van der Waals surface area contributed by atoms with E-state index in [2.05, 4.69) is 9.97 Å². The van der Waals surface area contributed by atoms with Crippen LogP contribution < -0.4 is 0 Å². The number of nitrogens with zero attached hydrogens (tertiary/aromatic N) is 2. The van der Waals surface area contributed by atoms with Crippen LogP contribution in [0, 0.1) is 12.7 Å². The number of halogens is 2. The normalized spacial score (nSPS) is 14.8. The Morgan fingerprint density at radius 1 is 1.22 bits per heavy atom. The summed E-state index contributed by atoms with van der Waals surface area (Å²) in [5, 5.41) is 0.422. The number of rotatable bonds is 2. The van der Waals surface area contributed by atoms with Gasteiger partial charge in [-0.25, -0.2) is 14.4 Å². The van der Waals surface area contributed by atoms with E-state index >= 15 is 0 Å². The van der Waals surface area contributed by atoms with Crippen molar-refractivity contribution in [3.05, 3.63) is 46.5 Å². The van der Waals surface area contributed by atoms with E-state index in [1.807, 2.05) is 6.92 Å². The van der Waals surface area contributed by atoms with Crippen molar-refractivity contribution in [1.29, 1.82) is 0 Å². The molecule has 1 aliphatic rings. The zero-order valence-corrected chi connectivity index (χ0v) is 10.7. The van der Waals surface area contributed by atoms with E-state index in [0.29, 0.717) is 22.5 Å². The SMILES string of the molecule is Cc1ccc(F)cc1-c1nc(Cl)cc(C2CC2)n1. The lowest BCUT2D eigenvalue weighted by molar-refractivity contribution is 0.627. The fraction of sp³-hybridized carbons (Fsp3) is 0.286. The van der Waals surface area contributed by atoms with Crippen LogP contribution >= 0.6 is 11.6 Å². The first-order chi connectivity index (χ1) is 8.63. The third-order valence-corrected chi connectivity index (χ3v) is 3.34. The lowest BCUT2D eigenvalue weighted by atomic mass is 10.1. The van der Waals surface area contributed by atoms with E-state index in [0.717, 1.165) is 24.1 Å². The number of hydrogen-bond acceptors (Lipinski definition) is 2. The van der Waals surface area contributed by atoms with Gasteiger partial charge in [0, 0.05) is 17.2 Å².